The molecule has 2 aliphatic rings. The highest BCUT2D eigenvalue weighted by atomic mass is 16.7. The summed E-state index contributed by atoms with van der Waals surface area (Å²) in [5.41, 5.74) is 3.66. The molecule has 0 bridgehead atoms. The monoisotopic (exact) mass is 347 g/mol. The maximum atomic E-state index is 12.8. The van der Waals surface area contributed by atoms with Gasteiger partial charge in [0.25, 0.3) is 5.91 Å². The molecule has 1 aliphatic carbocycles. The third kappa shape index (κ3) is 2.42. The first-order chi connectivity index (χ1) is 12.8. The van der Waals surface area contributed by atoms with Gasteiger partial charge in [0.1, 0.15) is 5.82 Å². The Morgan fingerprint density at radius 1 is 1.04 bits per heavy atom. The van der Waals surface area contributed by atoms with Crippen LogP contribution in [0.2, 0.25) is 0 Å². The van der Waals surface area contributed by atoms with E-state index in [4.69, 9.17) is 14.6 Å². The van der Waals surface area contributed by atoms with Gasteiger partial charge in [-0.05, 0) is 49.6 Å². The van der Waals surface area contributed by atoms with E-state index in [1.54, 1.807) is 18.2 Å². The molecule has 0 saturated carbocycles. The number of nitrogens with zero attached hydrogens (tertiary/aromatic N) is 2. The molecular formula is C20H17N3O3. The normalized spacial score (nSPS) is 14.3. The number of ether oxygens (including phenoxy) is 2. The van der Waals surface area contributed by atoms with Gasteiger partial charge in [0.15, 0.2) is 11.5 Å². The number of carbonyl (C=O) groups excluding carboxylic acids is 1. The average molecular weight is 347 g/mol. The van der Waals surface area contributed by atoms with E-state index < -0.39 is 0 Å². The first-order valence-corrected chi connectivity index (χ1v) is 8.67. The topological polar surface area (TPSA) is 65.4 Å². The second kappa shape index (κ2) is 5.91. The predicted octanol–water partition coefficient (Wildman–Crippen LogP) is 3.34. The van der Waals surface area contributed by atoms with Crippen molar-refractivity contribution >= 4 is 11.7 Å². The molecule has 1 amide bonds. The Labute approximate surface area is 150 Å². The van der Waals surface area contributed by atoms with Crippen molar-refractivity contribution in [2.45, 2.75) is 19.3 Å². The number of amides is 1. The molecule has 0 saturated heterocycles. The van der Waals surface area contributed by atoms with Crippen LogP contribution in [0, 0.1) is 0 Å². The zero-order valence-corrected chi connectivity index (χ0v) is 14.1. The summed E-state index contributed by atoms with van der Waals surface area (Å²) in [7, 11) is 0. The van der Waals surface area contributed by atoms with Crippen LogP contribution in [0.5, 0.6) is 11.5 Å². The number of nitrogens with one attached hydrogen (secondary N) is 1. The van der Waals surface area contributed by atoms with Crippen molar-refractivity contribution in [1.82, 2.24) is 9.78 Å². The van der Waals surface area contributed by atoms with Gasteiger partial charge in [-0.3, -0.25) is 4.79 Å². The Balaban J connectivity index is 1.51. The molecule has 5 rings (SSSR count). The molecule has 6 nitrogen and oxygen atoms in total. The molecule has 1 N–H and O–H groups in total. The Hall–Kier alpha value is -3.28. The molecule has 3 aromatic rings. The third-order valence-corrected chi connectivity index (χ3v) is 4.77. The van der Waals surface area contributed by atoms with Crippen molar-refractivity contribution in [1.29, 1.82) is 0 Å². The van der Waals surface area contributed by atoms with Crippen LogP contribution in [0.25, 0.3) is 5.69 Å². The van der Waals surface area contributed by atoms with Crippen molar-refractivity contribution in [2.75, 3.05) is 12.1 Å². The highest BCUT2D eigenvalue weighted by Crippen LogP contribution is 2.34. The highest BCUT2D eigenvalue weighted by Gasteiger charge is 2.25. The summed E-state index contributed by atoms with van der Waals surface area (Å²) in [5.74, 6) is 1.83. The molecule has 6 heteroatoms. The zero-order valence-electron chi connectivity index (χ0n) is 14.1. The van der Waals surface area contributed by atoms with Gasteiger partial charge in [-0.2, -0.15) is 5.10 Å². The lowest BCUT2D eigenvalue weighted by Crippen LogP contribution is -2.16. The van der Waals surface area contributed by atoms with E-state index in [-0.39, 0.29) is 12.7 Å². The molecule has 26 heavy (non-hydrogen) atoms. The van der Waals surface area contributed by atoms with Gasteiger partial charge in [0.2, 0.25) is 6.79 Å². The standard InChI is InChI=1S/C20H17N3O3/c24-20(13-9-10-17-18(11-13)26-12-25-17)21-19-15-7-4-8-16(15)22-23(19)14-5-2-1-3-6-14/h1-3,5-6,9-11H,4,7-8,12H2,(H,21,24). The van der Waals surface area contributed by atoms with Gasteiger partial charge < -0.3 is 14.8 Å². The number of hydrogen-bond donors (Lipinski definition) is 1. The minimum absolute atomic E-state index is 0.185. The van der Waals surface area contributed by atoms with E-state index in [9.17, 15) is 4.79 Å². The predicted molar refractivity (Wildman–Crippen MR) is 96.1 cm³/mol. The molecule has 0 atom stereocenters. The Kier molecular flexibility index (Phi) is 3.41. The first kappa shape index (κ1) is 15.0. The Morgan fingerprint density at radius 3 is 2.77 bits per heavy atom. The molecule has 0 spiro atoms. The molecule has 0 fully saturated rings. The van der Waals surface area contributed by atoms with Crippen LogP contribution in [-0.2, 0) is 12.8 Å². The maximum Gasteiger partial charge on any atom is 0.256 e. The summed E-state index contributed by atoms with van der Waals surface area (Å²) in [6.07, 6.45) is 2.95. The van der Waals surface area contributed by atoms with E-state index >= 15 is 0 Å². The lowest BCUT2D eigenvalue weighted by Gasteiger charge is -2.11. The van der Waals surface area contributed by atoms with Crippen molar-refractivity contribution in [2.24, 2.45) is 0 Å². The summed E-state index contributed by atoms with van der Waals surface area (Å²) < 4.78 is 12.5. The van der Waals surface area contributed by atoms with Crippen LogP contribution in [0.15, 0.2) is 48.5 Å². The van der Waals surface area contributed by atoms with Crippen molar-refractivity contribution < 1.29 is 14.3 Å². The van der Waals surface area contributed by atoms with Crippen LogP contribution >= 0.6 is 0 Å². The second-order valence-electron chi connectivity index (χ2n) is 6.40. The molecule has 1 aromatic heterocycles. The summed E-state index contributed by atoms with van der Waals surface area (Å²) in [5, 5.41) is 7.78. The van der Waals surface area contributed by atoms with E-state index in [0.717, 1.165) is 42.0 Å². The number of carbonyl (C=O) groups is 1. The number of rotatable bonds is 3. The molecule has 0 unspecified atom stereocenters. The van der Waals surface area contributed by atoms with Gasteiger partial charge in [-0.15, -0.1) is 0 Å². The summed E-state index contributed by atoms with van der Waals surface area (Å²) in [4.78, 5) is 12.8. The number of fused-ring (bicyclic) bond motifs is 2. The summed E-state index contributed by atoms with van der Waals surface area (Å²) in [6, 6.07) is 15.1. The van der Waals surface area contributed by atoms with E-state index in [0.29, 0.717) is 17.1 Å². The second-order valence-corrected chi connectivity index (χ2v) is 6.40. The minimum atomic E-state index is -0.185. The third-order valence-electron chi connectivity index (χ3n) is 4.77. The largest absolute Gasteiger partial charge is 0.454 e. The van der Waals surface area contributed by atoms with Crippen LogP contribution in [0.1, 0.15) is 28.0 Å². The van der Waals surface area contributed by atoms with Crippen molar-refractivity contribution in [3.8, 4) is 17.2 Å². The Bertz CT molecular complexity index is 995. The highest BCUT2D eigenvalue weighted by molar-refractivity contribution is 6.04. The maximum absolute atomic E-state index is 12.8. The summed E-state index contributed by atoms with van der Waals surface area (Å²) in [6.45, 7) is 0.189. The van der Waals surface area contributed by atoms with Gasteiger partial charge in [0.05, 0.1) is 11.4 Å². The average Bonchev–Trinajstić information content (AvgIpc) is 3.38. The molecule has 2 heterocycles. The number of benzene rings is 2. The quantitative estimate of drug-likeness (QED) is 0.789. The van der Waals surface area contributed by atoms with Crippen LogP contribution in [0.4, 0.5) is 5.82 Å². The molecule has 130 valence electrons. The molecule has 2 aromatic carbocycles. The first-order valence-electron chi connectivity index (χ1n) is 8.67. The zero-order chi connectivity index (χ0) is 17.5. The number of aromatic nitrogens is 2. The van der Waals surface area contributed by atoms with Crippen LogP contribution < -0.4 is 14.8 Å². The van der Waals surface area contributed by atoms with E-state index in [1.807, 2.05) is 35.0 Å². The fraction of sp³-hybridized carbons (Fsp3) is 0.200. The van der Waals surface area contributed by atoms with Crippen LogP contribution in [0.3, 0.4) is 0 Å². The molecule has 1 aliphatic heterocycles. The lowest BCUT2D eigenvalue weighted by molar-refractivity contribution is 0.102. The van der Waals surface area contributed by atoms with Gasteiger partial charge in [-0.1, -0.05) is 18.2 Å². The fourth-order valence-electron chi connectivity index (χ4n) is 3.49. The fourth-order valence-corrected chi connectivity index (χ4v) is 3.49. The SMILES string of the molecule is O=C(Nc1c2c(nn1-c1ccccc1)CCC2)c1ccc2c(c1)OCO2. The van der Waals surface area contributed by atoms with Crippen LogP contribution in [-0.4, -0.2) is 22.5 Å². The molecular weight excluding hydrogens is 330 g/mol. The number of anilines is 1. The van der Waals surface area contributed by atoms with Crippen molar-refractivity contribution in [3.05, 3.63) is 65.4 Å². The van der Waals surface area contributed by atoms with Gasteiger partial charge in [-0.25, -0.2) is 4.68 Å². The Morgan fingerprint density at radius 2 is 1.88 bits per heavy atom. The van der Waals surface area contributed by atoms with Gasteiger partial charge in [0, 0.05) is 11.1 Å². The van der Waals surface area contributed by atoms with Crippen molar-refractivity contribution in [3.63, 3.8) is 0 Å². The lowest BCUT2D eigenvalue weighted by atomic mass is 10.2. The van der Waals surface area contributed by atoms with E-state index in [2.05, 4.69) is 5.32 Å². The molecule has 0 radical (unpaired) electrons. The number of aryl methyl sites for hydroxylation is 1. The summed E-state index contributed by atoms with van der Waals surface area (Å²) >= 11 is 0. The smallest absolute Gasteiger partial charge is 0.256 e. The van der Waals surface area contributed by atoms with Gasteiger partial charge >= 0.3 is 0 Å². The minimum Gasteiger partial charge on any atom is -0.454 e. The van der Waals surface area contributed by atoms with E-state index in [1.165, 1.54) is 0 Å². The number of para-hydroxylation sites is 1. The number of hydrogen-bond acceptors (Lipinski definition) is 4.